The molecule has 3 aromatic rings. The number of nitrogens with two attached hydrogens (primary N) is 1. The van der Waals surface area contributed by atoms with Gasteiger partial charge in [0.2, 0.25) is 53.2 Å². The number of anilines is 1. The van der Waals surface area contributed by atoms with Crippen molar-refractivity contribution in [2.75, 3.05) is 98.4 Å². The number of ether oxygens (including phenoxy) is 2. The Labute approximate surface area is 693 Å². The number of carbonyl (C=O) groups excluding carboxylic acids is 11. The summed E-state index contributed by atoms with van der Waals surface area (Å²) in [5.41, 5.74) is 2.22. The van der Waals surface area contributed by atoms with Gasteiger partial charge in [-0.2, -0.15) is 0 Å². The molecule has 6 heterocycles. The third-order valence-electron chi connectivity index (χ3n) is 28.6. The Kier molecular flexibility index (Phi) is 27.1. The van der Waals surface area contributed by atoms with Crippen molar-refractivity contribution in [3.05, 3.63) is 70.9 Å². The van der Waals surface area contributed by atoms with Crippen LogP contribution in [0.4, 0.5) is 5.69 Å². The van der Waals surface area contributed by atoms with E-state index in [1.807, 2.05) is 62.2 Å². The first kappa shape index (κ1) is 89.4. The number of carbonyl (C=O) groups is 11. The predicted octanol–water partition coefficient (Wildman–Crippen LogP) is -1.30. The number of primary amides is 1. The maximum Gasteiger partial charge on any atom is 0.322 e. The van der Waals surface area contributed by atoms with Crippen LogP contribution >= 0.6 is 0 Å². The summed E-state index contributed by atoms with van der Waals surface area (Å²) in [5, 5.41) is 105. The fraction of sp³-hybridized carbons (Fsp3) is 0.682. The number of esters is 1. The van der Waals surface area contributed by atoms with Crippen molar-refractivity contribution in [2.45, 2.75) is 239 Å². The number of para-hydroxylation sites is 1. The Morgan fingerprint density at radius 3 is 1.82 bits per heavy atom. The van der Waals surface area contributed by atoms with Gasteiger partial charge in [0.25, 0.3) is 5.91 Å². The number of piperidine rings is 1. The molecular weight excluding hydrogens is 1540 g/mol. The molecule has 5 aliphatic heterocycles. The zero-order chi connectivity index (χ0) is 86.1. The van der Waals surface area contributed by atoms with Gasteiger partial charge in [0.1, 0.15) is 59.6 Å². The van der Waals surface area contributed by atoms with E-state index in [9.17, 15) is 78.9 Å². The highest BCUT2D eigenvalue weighted by Crippen LogP contribution is 2.68. The summed E-state index contributed by atoms with van der Waals surface area (Å²) in [6, 6.07) is -0.318. The molecule has 2 saturated heterocycles. The van der Waals surface area contributed by atoms with Gasteiger partial charge in [0.15, 0.2) is 5.60 Å². The molecule has 1 aromatic heterocycles. The topological polar surface area (TPSA) is 508 Å². The molecule has 4 bridgehead atoms. The standard InChI is InChI=1S/C85H124N14O20/c1-9-81(116)37-49-38-84(78(115)119-8,66-52(23-33-98(39-49)46-81)51-19-14-15-20-55(51)90-66)54-35-53-61(36-62(54)118-7)97(6)75-83(53)31-34-99-32-16-24-82(10-2,74(83)99)76(113)85(75,117)77(114)88-45-80-28-25-79(26-29-80,27-30-80)44-87-72(111)64(47(3)4)95-70(109)59(42-102)92-67(106)56(21-22-63(86)105)91-73(112)65(50-17-12-11-13-18-50)96-71(110)60(43-103)94-69(108)58(41-101)93-68(107)57(40-100)89-48(5)104/h14-16,19-20,24,35-36,47,49-50,56-60,64-65,74-76,90,100-103,113,116-117H,9-13,17-18,21-23,25-34,37-46H2,1-8H3,(H2,86,105)(H,87,111)(H,88,114)(H,89,104)(H,91,112)(H,92,106)(H,93,107)(H,94,108)(H,95,109)(H,96,110)/t49-,56+,57+,58+,59+,60+,64+,65+,74+,75-,76-,79?,80?,81+,82-,83?,84+,85+/m1/s1. The van der Waals surface area contributed by atoms with E-state index in [2.05, 4.69) is 74.8 Å². The first-order valence-corrected chi connectivity index (χ1v) is 42.5. The van der Waals surface area contributed by atoms with E-state index in [1.165, 1.54) is 7.11 Å². The Morgan fingerprint density at radius 2 is 1.24 bits per heavy atom. The third-order valence-corrected chi connectivity index (χ3v) is 28.6. The quantitative estimate of drug-likeness (QED) is 0.0249. The van der Waals surface area contributed by atoms with Crippen molar-refractivity contribution in [1.82, 2.24) is 62.6 Å². The number of aromatic amines is 1. The van der Waals surface area contributed by atoms with Crippen LogP contribution in [0.25, 0.3) is 10.9 Å². The van der Waals surface area contributed by atoms with Gasteiger partial charge in [0.05, 0.1) is 52.3 Å². The first-order valence-electron chi connectivity index (χ1n) is 42.5. The van der Waals surface area contributed by atoms with Crippen LogP contribution in [-0.4, -0.2) is 281 Å². The number of fused-ring (bicyclic) bond motifs is 9. The van der Waals surface area contributed by atoms with Crippen LogP contribution in [0.3, 0.4) is 0 Å². The van der Waals surface area contributed by atoms with Crippen LogP contribution in [0, 0.1) is 34.0 Å². The predicted molar refractivity (Wildman–Crippen MR) is 435 cm³/mol. The lowest BCUT2D eigenvalue weighted by molar-refractivity contribution is -0.204. The van der Waals surface area contributed by atoms with Gasteiger partial charge in [-0.15, -0.1) is 0 Å². The van der Waals surface area contributed by atoms with Crippen LogP contribution in [-0.2, 0) is 74.7 Å². The molecule has 0 radical (unpaired) electrons. The van der Waals surface area contributed by atoms with Crippen LogP contribution in [0.15, 0.2) is 48.6 Å². The van der Waals surface area contributed by atoms with Crippen molar-refractivity contribution in [3.8, 4) is 5.75 Å². The van der Waals surface area contributed by atoms with E-state index in [1.54, 1.807) is 21.0 Å². The van der Waals surface area contributed by atoms with Gasteiger partial charge in [-0.3, -0.25) is 62.5 Å². The van der Waals surface area contributed by atoms with Crippen LogP contribution in [0.5, 0.6) is 5.75 Å². The van der Waals surface area contributed by atoms with Gasteiger partial charge < -0.3 is 109 Å². The Bertz CT molecular complexity index is 4340. The maximum absolute atomic E-state index is 16.0. The number of hydrogen-bond acceptors (Lipinski definition) is 23. The van der Waals surface area contributed by atoms with E-state index in [0.717, 1.165) is 35.4 Å². The summed E-state index contributed by atoms with van der Waals surface area (Å²) in [6.45, 7) is 7.96. The van der Waals surface area contributed by atoms with Crippen LogP contribution in [0.2, 0.25) is 0 Å². The summed E-state index contributed by atoms with van der Waals surface area (Å²) in [5.74, 6) is -10.4. The molecule has 1 spiro atoms. The minimum atomic E-state index is -2.43. The van der Waals surface area contributed by atoms with Crippen molar-refractivity contribution >= 4 is 81.6 Å². The molecule has 10 aliphatic rings. The molecule has 34 heteroatoms. The molecule has 17 atom stereocenters. The number of methoxy groups -OCH3 is 2. The molecule has 34 nitrogen and oxygen atoms in total. The highest BCUT2D eigenvalue weighted by molar-refractivity contribution is 5.99. The van der Waals surface area contributed by atoms with Crippen molar-refractivity contribution in [1.29, 1.82) is 0 Å². The number of nitrogens with one attached hydrogen (secondary N) is 10. The van der Waals surface area contributed by atoms with Crippen molar-refractivity contribution < 1.29 is 98.0 Å². The monoisotopic (exact) mass is 1660 g/mol. The minimum absolute atomic E-state index is 0.180. The highest BCUT2D eigenvalue weighted by Gasteiger charge is 2.79. The lowest BCUT2D eigenvalue weighted by Crippen LogP contribution is -2.82. The maximum atomic E-state index is 16.0. The molecule has 19 N–H and O–H groups in total. The first-order chi connectivity index (χ1) is 56.7. The molecule has 2 unspecified atom stereocenters. The number of aliphatic hydroxyl groups excluding tert-OH is 5. The Balaban J connectivity index is 0.718. The molecule has 5 aliphatic carbocycles. The van der Waals surface area contributed by atoms with E-state index < -0.39 is 209 Å². The smallest absolute Gasteiger partial charge is 0.322 e. The second-order valence-electron chi connectivity index (χ2n) is 35.9. The fourth-order valence-corrected chi connectivity index (χ4v) is 22.3. The molecule has 13 rings (SSSR count). The molecule has 2 aromatic carbocycles. The number of amides is 10. The van der Waals surface area contributed by atoms with Gasteiger partial charge >= 0.3 is 5.97 Å². The van der Waals surface area contributed by atoms with Crippen molar-refractivity contribution in [3.63, 3.8) is 0 Å². The van der Waals surface area contributed by atoms with Crippen molar-refractivity contribution in [2.24, 2.45) is 39.7 Å². The molecular formula is C85H124N14O20. The molecule has 7 fully saturated rings. The largest absolute Gasteiger partial charge is 0.496 e. The number of rotatable bonds is 33. The Hall–Kier alpha value is -8.87. The zero-order valence-corrected chi connectivity index (χ0v) is 69.7. The van der Waals surface area contributed by atoms with Crippen LogP contribution in [0.1, 0.15) is 173 Å². The van der Waals surface area contributed by atoms with Gasteiger partial charge in [-0.25, -0.2) is 0 Å². The number of aliphatic hydroxyl groups is 7. The molecule has 5 saturated carbocycles. The number of H-pyrrole nitrogens is 1. The minimum Gasteiger partial charge on any atom is -0.496 e. The second kappa shape index (κ2) is 36.1. The summed E-state index contributed by atoms with van der Waals surface area (Å²) >= 11 is 0. The van der Waals surface area contributed by atoms with E-state index in [4.69, 9.17) is 15.2 Å². The lowest BCUT2D eigenvalue weighted by Gasteiger charge is -2.63. The average Bonchev–Trinajstić information content (AvgIpc) is 1.49. The fourth-order valence-electron chi connectivity index (χ4n) is 22.3. The number of hydrogen-bond donors (Lipinski definition) is 18. The number of nitrogens with zero attached hydrogens (tertiary/aromatic N) is 3. The van der Waals surface area contributed by atoms with E-state index in [-0.39, 0.29) is 30.8 Å². The summed E-state index contributed by atoms with van der Waals surface area (Å²) in [7, 11) is 4.86. The number of aromatic nitrogens is 1. The Morgan fingerprint density at radius 1 is 0.664 bits per heavy atom. The summed E-state index contributed by atoms with van der Waals surface area (Å²) in [6.07, 6.45) is 11.1. The summed E-state index contributed by atoms with van der Waals surface area (Å²) in [4.78, 5) is 163. The average molecular weight is 1660 g/mol. The second-order valence-corrected chi connectivity index (χ2v) is 35.9. The number of benzene rings is 2. The highest BCUT2D eigenvalue weighted by atomic mass is 16.5. The lowest BCUT2D eigenvalue weighted by atomic mass is 9.47. The van der Waals surface area contributed by atoms with E-state index >= 15 is 9.59 Å². The van der Waals surface area contributed by atoms with E-state index in [0.29, 0.717) is 152 Å². The molecule has 10 amide bonds. The van der Waals surface area contributed by atoms with Gasteiger partial charge in [-0.05, 0) is 155 Å². The molecule has 654 valence electrons. The van der Waals surface area contributed by atoms with Gasteiger partial charge in [0, 0.05) is 110 Å². The van der Waals surface area contributed by atoms with Crippen LogP contribution < -0.4 is 63.2 Å². The normalized spacial score (nSPS) is 30.4. The SMILES string of the molecule is CC[C@]1(O)C[C@H]2CN(CCc3c([nH]c4ccccc34)[C@@](C(=O)OC)(c3cc4c(cc3OC)N(C)[C@@H]3C45CCN4CC=C[C@](CC)([C@H]45)[C@@H](O)[C@]3(O)C(=O)NCC34CCC(CNC(=O)[C@@H](NC(=O)[C@H](CO)NC(=O)[C@H](CCC(N)=O)NC(=O)[C@@H](NC(=O)[C@H](CO)NC(=O)[C@H](CO)NC(=O)[C@H](CO)NC(C)=O)C5CCCCC5)C(C)C)(CC3)CC4)C2)C1. The summed E-state index contributed by atoms with van der Waals surface area (Å²) < 4.78 is 12.6. The van der Waals surface area contributed by atoms with Gasteiger partial charge in [-0.1, -0.05) is 77.3 Å². The number of likely N-dealkylation sites (N-methyl/N-ethyl adjacent to an activating group) is 1. The third kappa shape index (κ3) is 16.8. The zero-order valence-electron chi connectivity index (χ0n) is 69.7. The molecule has 119 heavy (non-hydrogen) atoms.